The van der Waals surface area contributed by atoms with Crippen molar-refractivity contribution in [2.45, 2.75) is 102 Å². The Labute approximate surface area is 199 Å². The molecule has 0 spiro atoms. The van der Waals surface area contributed by atoms with Crippen molar-refractivity contribution in [3.05, 3.63) is 35.5 Å². The van der Waals surface area contributed by atoms with Crippen LogP contribution in [0.1, 0.15) is 85.5 Å². The lowest BCUT2D eigenvalue weighted by atomic mass is 9.60. The third kappa shape index (κ3) is 5.13. The van der Waals surface area contributed by atoms with Gasteiger partial charge in [-0.2, -0.15) is 0 Å². The van der Waals surface area contributed by atoms with Crippen LogP contribution in [0, 0.1) is 29.1 Å². The maximum atomic E-state index is 10.3. The molecule has 3 fully saturated rings. The Balaban J connectivity index is 1.78. The highest BCUT2D eigenvalue weighted by Gasteiger charge is 2.51. The van der Waals surface area contributed by atoms with Gasteiger partial charge in [-0.1, -0.05) is 94.5 Å². The molecule has 6 atom stereocenters. The van der Waals surface area contributed by atoms with Gasteiger partial charge >= 0.3 is 0 Å². The molecule has 3 aliphatic rings. The van der Waals surface area contributed by atoms with E-state index in [1.807, 2.05) is 6.08 Å². The maximum absolute atomic E-state index is 10.3. The summed E-state index contributed by atoms with van der Waals surface area (Å²) >= 11 is 12.9. The summed E-state index contributed by atoms with van der Waals surface area (Å²) in [6.45, 7) is 13.7. The van der Waals surface area contributed by atoms with Crippen molar-refractivity contribution in [3.63, 3.8) is 0 Å². The zero-order valence-electron chi connectivity index (χ0n) is 19.8. The van der Waals surface area contributed by atoms with Crippen molar-refractivity contribution in [2.75, 3.05) is 0 Å². The first-order valence-corrected chi connectivity index (χ1v) is 13.1. The van der Waals surface area contributed by atoms with Crippen LogP contribution in [0.4, 0.5) is 0 Å². The van der Waals surface area contributed by atoms with E-state index in [-0.39, 0.29) is 0 Å². The Morgan fingerprint density at radius 3 is 2.52 bits per heavy atom. The average molecular weight is 470 g/mol. The van der Waals surface area contributed by atoms with Crippen molar-refractivity contribution in [1.29, 1.82) is 0 Å². The quantitative estimate of drug-likeness (QED) is 0.399. The molecule has 31 heavy (non-hydrogen) atoms. The average Bonchev–Trinajstić information content (AvgIpc) is 3.03. The summed E-state index contributed by atoms with van der Waals surface area (Å²) in [5, 5.41) is 20.3. The second-order valence-corrected chi connectivity index (χ2v) is 12.5. The van der Waals surface area contributed by atoms with E-state index >= 15 is 0 Å². The zero-order valence-corrected chi connectivity index (χ0v) is 21.4. The van der Waals surface area contributed by atoms with Crippen LogP contribution in [-0.4, -0.2) is 26.8 Å². The van der Waals surface area contributed by atoms with E-state index in [9.17, 15) is 10.2 Å². The molecule has 1 unspecified atom stereocenters. The summed E-state index contributed by atoms with van der Waals surface area (Å²) < 4.78 is -1.52. The standard InChI is InChI=1S/C27H42Cl2O2/c1-17(2)8-6-9-18(3)21-13-14-23-20(10-7-15-26(21,23)5)11-12-22-19(4)16-24(30)25(31)27(22,28)29/h11-12,17-18,21,23-25,30-31H,4,6-10,13-16H2,1-3,5H3/b20-11?,22-12+/t18-,21-,23?,24+,25+,26-/m1/s1. The van der Waals surface area contributed by atoms with E-state index in [2.05, 4.69) is 40.3 Å². The number of fused-ring (bicyclic) bond motifs is 1. The van der Waals surface area contributed by atoms with Crippen molar-refractivity contribution >= 4 is 23.2 Å². The minimum atomic E-state index is -1.52. The Hall–Kier alpha value is -0.280. The summed E-state index contributed by atoms with van der Waals surface area (Å²) in [6.07, 6.45) is 12.6. The number of halogens is 2. The third-order valence-corrected chi connectivity index (χ3v) is 9.42. The number of hydrogen-bond donors (Lipinski definition) is 2. The number of hydrogen-bond acceptors (Lipinski definition) is 2. The van der Waals surface area contributed by atoms with E-state index in [0.717, 1.165) is 24.2 Å². The molecular weight excluding hydrogens is 427 g/mol. The van der Waals surface area contributed by atoms with Gasteiger partial charge in [-0.3, -0.25) is 0 Å². The molecule has 176 valence electrons. The summed E-state index contributed by atoms with van der Waals surface area (Å²) in [6, 6.07) is 0. The van der Waals surface area contributed by atoms with Gasteiger partial charge in [0.1, 0.15) is 6.10 Å². The second-order valence-electron chi connectivity index (χ2n) is 11.2. The number of allylic oxidation sites excluding steroid dienone is 3. The smallest absolute Gasteiger partial charge is 0.171 e. The number of aliphatic hydroxyl groups is 2. The monoisotopic (exact) mass is 468 g/mol. The Bertz CT molecular complexity index is 723. The Morgan fingerprint density at radius 1 is 1.13 bits per heavy atom. The minimum Gasteiger partial charge on any atom is -0.390 e. The molecule has 0 saturated heterocycles. The molecule has 0 aromatic carbocycles. The van der Waals surface area contributed by atoms with Gasteiger partial charge in [0.2, 0.25) is 0 Å². The van der Waals surface area contributed by atoms with Crippen LogP contribution >= 0.6 is 23.2 Å². The first kappa shape index (κ1) is 25.3. The first-order chi connectivity index (χ1) is 14.5. The van der Waals surface area contributed by atoms with Crippen LogP contribution in [0.3, 0.4) is 0 Å². The van der Waals surface area contributed by atoms with Crippen molar-refractivity contribution in [1.82, 2.24) is 0 Å². The van der Waals surface area contributed by atoms with Crippen LogP contribution in [0.15, 0.2) is 35.5 Å². The molecule has 2 N–H and O–H groups in total. The molecule has 3 aliphatic carbocycles. The highest BCUT2D eigenvalue weighted by molar-refractivity contribution is 6.51. The van der Waals surface area contributed by atoms with E-state index in [1.54, 1.807) is 0 Å². The highest BCUT2D eigenvalue weighted by Crippen LogP contribution is 2.60. The van der Waals surface area contributed by atoms with Gasteiger partial charge in [-0.15, -0.1) is 0 Å². The summed E-state index contributed by atoms with van der Waals surface area (Å²) in [4.78, 5) is 0. The molecule has 0 aromatic rings. The SMILES string of the molecule is C=C1C[C@H](O)[C@H](O)C(Cl)(Cl)/C1=C/C=C1CCC[C@@]2(C)C1CC[C@@H]2[C@H](C)CCCC(C)C. The predicted octanol–water partition coefficient (Wildman–Crippen LogP) is 7.37. The third-order valence-electron chi connectivity index (χ3n) is 8.56. The largest absolute Gasteiger partial charge is 0.390 e. The second kappa shape index (κ2) is 9.92. The van der Waals surface area contributed by atoms with Gasteiger partial charge in [-0.05, 0) is 72.3 Å². The lowest BCUT2D eigenvalue weighted by Crippen LogP contribution is -2.47. The van der Waals surface area contributed by atoms with Crippen LogP contribution in [-0.2, 0) is 0 Å². The molecular formula is C27H42Cl2O2. The van der Waals surface area contributed by atoms with Crippen LogP contribution < -0.4 is 0 Å². The van der Waals surface area contributed by atoms with Crippen molar-refractivity contribution < 1.29 is 10.2 Å². The van der Waals surface area contributed by atoms with Gasteiger partial charge in [-0.25, -0.2) is 0 Å². The normalized spacial score (nSPS) is 39.3. The molecule has 0 heterocycles. The maximum Gasteiger partial charge on any atom is 0.171 e. The molecule has 0 aromatic heterocycles. The van der Waals surface area contributed by atoms with Gasteiger partial charge in [0.15, 0.2) is 4.33 Å². The van der Waals surface area contributed by atoms with Crippen molar-refractivity contribution in [3.8, 4) is 0 Å². The highest BCUT2D eigenvalue weighted by atomic mass is 35.5. The Kier molecular flexibility index (Phi) is 8.11. The minimum absolute atomic E-state index is 0.300. The van der Waals surface area contributed by atoms with Crippen molar-refractivity contribution in [2.24, 2.45) is 29.1 Å². The lowest BCUT2D eigenvalue weighted by molar-refractivity contribution is 0.00874. The molecule has 3 rings (SSSR count). The summed E-state index contributed by atoms with van der Waals surface area (Å²) in [5.74, 6) is 2.98. The van der Waals surface area contributed by atoms with Crippen LogP contribution in [0.25, 0.3) is 0 Å². The summed E-state index contributed by atoms with van der Waals surface area (Å²) in [5.41, 5.74) is 3.22. The molecule has 0 radical (unpaired) electrons. The molecule has 0 aliphatic heterocycles. The number of alkyl halides is 2. The van der Waals surface area contributed by atoms with E-state index in [1.165, 1.54) is 50.5 Å². The lowest BCUT2D eigenvalue weighted by Gasteiger charge is -2.44. The van der Waals surface area contributed by atoms with E-state index < -0.39 is 16.5 Å². The zero-order chi connectivity index (χ0) is 23.0. The van der Waals surface area contributed by atoms with Gasteiger partial charge in [0.25, 0.3) is 0 Å². The van der Waals surface area contributed by atoms with Gasteiger partial charge in [0, 0.05) is 6.42 Å². The van der Waals surface area contributed by atoms with Crippen LogP contribution in [0.2, 0.25) is 0 Å². The molecule has 0 amide bonds. The molecule has 2 nitrogen and oxygen atoms in total. The Morgan fingerprint density at radius 2 is 1.84 bits per heavy atom. The predicted molar refractivity (Wildman–Crippen MR) is 132 cm³/mol. The van der Waals surface area contributed by atoms with Gasteiger partial charge < -0.3 is 10.2 Å². The van der Waals surface area contributed by atoms with Gasteiger partial charge in [0.05, 0.1) is 6.10 Å². The number of aliphatic hydroxyl groups excluding tert-OH is 2. The fourth-order valence-electron chi connectivity index (χ4n) is 6.79. The molecule has 0 bridgehead atoms. The summed E-state index contributed by atoms with van der Waals surface area (Å²) in [7, 11) is 0. The van der Waals surface area contributed by atoms with Crippen LogP contribution in [0.5, 0.6) is 0 Å². The number of rotatable bonds is 6. The fraction of sp³-hybridized carbons (Fsp3) is 0.778. The van der Waals surface area contributed by atoms with E-state index in [4.69, 9.17) is 23.2 Å². The van der Waals surface area contributed by atoms with E-state index in [0.29, 0.717) is 28.9 Å². The fourth-order valence-corrected chi connectivity index (χ4v) is 7.48. The molecule has 4 heteroatoms. The topological polar surface area (TPSA) is 40.5 Å². The molecule has 3 saturated carbocycles. The first-order valence-electron chi connectivity index (χ1n) is 12.3.